The number of benzene rings is 1. The van der Waals surface area contributed by atoms with E-state index in [0.717, 1.165) is 12.8 Å². The topological polar surface area (TPSA) is 12.0 Å². The van der Waals surface area contributed by atoms with E-state index in [2.05, 4.69) is 5.32 Å². The number of hydrogen-bond acceptors (Lipinski definition) is 1. The lowest BCUT2D eigenvalue weighted by molar-refractivity contribution is -0.138. The summed E-state index contributed by atoms with van der Waals surface area (Å²) in [6.07, 6.45) is -2.02. The fraction of sp³-hybridized carbons (Fsp3) is 0.571. The zero-order chi connectivity index (χ0) is 13.3. The summed E-state index contributed by atoms with van der Waals surface area (Å²) in [7, 11) is 1.73. The van der Waals surface area contributed by atoms with E-state index in [-0.39, 0.29) is 12.0 Å². The zero-order valence-corrected chi connectivity index (χ0v) is 10.6. The Kier molecular flexibility index (Phi) is 3.66. The first-order chi connectivity index (χ1) is 8.45. The molecule has 1 nitrogen and oxygen atoms in total. The normalized spacial score (nSPS) is 19.6. The van der Waals surface area contributed by atoms with Crippen molar-refractivity contribution in [1.82, 2.24) is 5.32 Å². The van der Waals surface area contributed by atoms with E-state index in [1.165, 1.54) is 12.1 Å². The fourth-order valence-corrected chi connectivity index (χ4v) is 2.62. The van der Waals surface area contributed by atoms with Gasteiger partial charge in [-0.05, 0) is 43.4 Å². The van der Waals surface area contributed by atoms with Gasteiger partial charge in [0.1, 0.15) is 0 Å². The average Bonchev–Trinajstić information content (AvgIpc) is 3.13. The Balaban J connectivity index is 2.35. The van der Waals surface area contributed by atoms with Gasteiger partial charge in [0.05, 0.1) is 5.56 Å². The predicted molar refractivity (Wildman–Crippen MR) is 65.1 cm³/mol. The molecule has 1 aromatic rings. The van der Waals surface area contributed by atoms with Crippen LogP contribution >= 0.6 is 0 Å². The molecule has 0 aliphatic heterocycles. The van der Waals surface area contributed by atoms with E-state index in [4.69, 9.17) is 0 Å². The molecule has 100 valence electrons. The first-order valence-corrected chi connectivity index (χ1v) is 6.28. The summed E-state index contributed by atoms with van der Waals surface area (Å²) < 4.78 is 39.0. The smallest absolute Gasteiger partial charge is 0.313 e. The van der Waals surface area contributed by atoms with Crippen LogP contribution in [0.2, 0.25) is 0 Å². The second-order valence-electron chi connectivity index (χ2n) is 5.05. The predicted octanol–water partition coefficient (Wildman–Crippen LogP) is 4.01. The fourth-order valence-electron chi connectivity index (χ4n) is 2.62. The summed E-state index contributed by atoms with van der Waals surface area (Å²) in [5.41, 5.74) is -0.149. The van der Waals surface area contributed by atoms with Crippen LogP contribution in [0, 0.1) is 11.8 Å². The highest BCUT2D eigenvalue weighted by molar-refractivity contribution is 5.33. The van der Waals surface area contributed by atoms with Crippen molar-refractivity contribution in [2.24, 2.45) is 11.8 Å². The molecular weight excluding hydrogens is 239 g/mol. The molecule has 0 radical (unpaired) electrons. The minimum Gasteiger partial charge on any atom is -0.313 e. The van der Waals surface area contributed by atoms with Gasteiger partial charge in [0.25, 0.3) is 0 Å². The minimum atomic E-state index is -4.28. The van der Waals surface area contributed by atoms with E-state index in [1.54, 1.807) is 19.2 Å². The first kappa shape index (κ1) is 13.4. The van der Waals surface area contributed by atoms with Crippen molar-refractivity contribution in [1.29, 1.82) is 0 Å². The van der Waals surface area contributed by atoms with Gasteiger partial charge in [-0.15, -0.1) is 0 Å². The van der Waals surface area contributed by atoms with Crippen LogP contribution < -0.4 is 5.32 Å². The monoisotopic (exact) mass is 257 g/mol. The van der Waals surface area contributed by atoms with E-state index >= 15 is 0 Å². The molecule has 1 fully saturated rings. The van der Waals surface area contributed by atoms with Crippen molar-refractivity contribution in [3.05, 3.63) is 35.4 Å². The second-order valence-corrected chi connectivity index (χ2v) is 5.05. The maximum atomic E-state index is 13.0. The number of hydrogen-bond donors (Lipinski definition) is 1. The Morgan fingerprint density at radius 3 is 2.33 bits per heavy atom. The summed E-state index contributed by atoms with van der Waals surface area (Å²) >= 11 is 0. The number of alkyl halides is 3. The molecule has 18 heavy (non-hydrogen) atoms. The maximum Gasteiger partial charge on any atom is 0.416 e. The highest BCUT2D eigenvalue weighted by atomic mass is 19.4. The summed E-state index contributed by atoms with van der Waals surface area (Å²) in [6.45, 7) is 2.03. The summed E-state index contributed by atoms with van der Waals surface area (Å²) in [5, 5.41) is 3.05. The number of rotatable bonds is 4. The van der Waals surface area contributed by atoms with Crippen LogP contribution in [0.3, 0.4) is 0 Å². The van der Waals surface area contributed by atoms with Gasteiger partial charge < -0.3 is 5.32 Å². The van der Waals surface area contributed by atoms with Crippen LogP contribution in [-0.2, 0) is 6.18 Å². The molecule has 0 aromatic heterocycles. The zero-order valence-electron chi connectivity index (χ0n) is 10.6. The van der Waals surface area contributed by atoms with Crippen molar-refractivity contribution in [2.75, 3.05) is 7.05 Å². The minimum absolute atomic E-state index is 0.227. The quantitative estimate of drug-likeness (QED) is 0.859. The standard InChI is InChI=1S/C14H18F3N/c1-9(10-7-8-10)13(18-2)11-5-3-4-6-12(11)14(15,16)17/h3-6,9-10,13,18H,7-8H2,1-2H3. The van der Waals surface area contributed by atoms with Gasteiger partial charge in [0, 0.05) is 6.04 Å². The maximum absolute atomic E-state index is 13.0. The lowest BCUT2D eigenvalue weighted by Crippen LogP contribution is -2.27. The molecule has 1 aliphatic rings. The number of nitrogens with one attached hydrogen (secondary N) is 1. The average molecular weight is 257 g/mol. The van der Waals surface area contributed by atoms with Crippen molar-refractivity contribution in [3.63, 3.8) is 0 Å². The van der Waals surface area contributed by atoms with Gasteiger partial charge in [-0.1, -0.05) is 25.1 Å². The van der Waals surface area contributed by atoms with Gasteiger partial charge in [0.2, 0.25) is 0 Å². The molecule has 1 N–H and O–H groups in total. The lowest BCUT2D eigenvalue weighted by atomic mass is 9.88. The molecule has 2 unspecified atom stereocenters. The Morgan fingerprint density at radius 2 is 1.83 bits per heavy atom. The molecule has 1 saturated carbocycles. The number of halogens is 3. The van der Waals surface area contributed by atoms with Crippen LogP contribution in [0.15, 0.2) is 24.3 Å². The van der Waals surface area contributed by atoms with Crippen molar-refractivity contribution in [2.45, 2.75) is 32.0 Å². The van der Waals surface area contributed by atoms with Crippen LogP contribution in [0.1, 0.15) is 36.9 Å². The van der Waals surface area contributed by atoms with Crippen LogP contribution in [0.25, 0.3) is 0 Å². The molecule has 1 aliphatic carbocycles. The molecule has 0 saturated heterocycles. The largest absolute Gasteiger partial charge is 0.416 e. The highest BCUT2D eigenvalue weighted by Gasteiger charge is 2.39. The molecular formula is C14H18F3N. The van der Waals surface area contributed by atoms with Gasteiger partial charge in [-0.2, -0.15) is 13.2 Å². The van der Waals surface area contributed by atoms with Crippen molar-refractivity contribution >= 4 is 0 Å². The Labute approximate surface area is 105 Å². The Bertz CT molecular complexity index is 410. The van der Waals surface area contributed by atoms with Crippen molar-refractivity contribution in [3.8, 4) is 0 Å². The third-order valence-corrected chi connectivity index (χ3v) is 3.80. The molecule has 2 atom stereocenters. The summed E-state index contributed by atoms with van der Waals surface area (Å²) in [6, 6.07) is 5.65. The second kappa shape index (κ2) is 4.92. The van der Waals surface area contributed by atoms with Gasteiger partial charge >= 0.3 is 6.18 Å². The van der Waals surface area contributed by atoms with Gasteiger partial charge in [0.15, 0.2) is 0 Å². The van der Waals surface area contributed by atoms with E-state index in [9.17, 15) is 13.2 Å². The molecule has 0 heterocycles. The summed E-state index contributed by atoms with van der Waals surface area (Å²) in [4.78, 5) is 0. The lowest BCUT2D eigenvalue weighted by Gasteiger charge is -2.26. The Hall–Kier alpha value is -1.03. The molecule has 1 aromatic carbocycles. The Morgan fingerprint density at radius 1 is 1.22 bits per heavy atom. The molecule has 0 spiro atoms. The van der Waals surface area contributed by atoms with Gasteiger partial charge in [-0.3, -0.25) is 0 Å². The van der Waals surface area contributed by atoms with E-state index in [1.807, 2.05) is 6.92 Å². The summed E-state index contributed by atoms with van der Waals surface area (Å²) in [5.74, 6) is 0.794. The van der Waals surface area contributed by atoms with Crippen LogP contribution in [0.4, 0.5) is 13.2 Å². The molecule has 2 rings (SSSR count). The van der Waals surface area contributed by atoms with E-state index < -0.39 is 11.7 Å². The third kappa shape index (κ3) is 2.69. The SMILES string of the molecule is CNC(c1ccccc1C(F)(F)F)C(C)C1CC1. The third-order valence-electron chi connectivity index (χ3n) is 3.80. The first-order valence-electron chi connectivity index (χ1n) is 6.28. The highest BCUT2D eigenvalue weighted by Crippen LogP contribution is 2.44. The molecule has 4 heteroatoms. The van der Waals surface area contributed by atoms with Gasteiger partial charge in [-0.25, -0.2) is 0 Å². The molecule has 0 amide bonds. The van der Waals surface area contributed by atoms with Crippen LogP contribution in [-0.4, -0.2) is 7.05 Å². The van der Waals surface area contributed by atoms with E-state index in [0.29, 0.717) is 11.5 Å². The van der Waals surface area contributed by atoms with Crippen molar-refractivity contribution < 1.29 is 13.2 Å². The molecule has 0 bridgehead atoms. The van der Waals surface area contributed by atoms with Crippen LogP contribution in [0.5, 0.6) is 0 Å².